The molecule has 8 heteroatoms. The van der Waals surface area contributed by atoms with Crippen molar-refractivity contribution in [2.75, 3.05) is 13.2 Å². The molecule has 0 fully saturated rings. The first-order valence-electron chi connectivity index (χ1n) is 10.8. The Morgan fingerprint density at radius 2 is 1.68 bits per heavy atom. The molecular weight excluding hydrogens is 478 g/mol. The second-order valence-corrected chi connectivity index (χ2v) is 8.40. The molecule has 0 saturated heterocycles. The van der Waals surface area contributed by atoms with Gasteiger partial charge in [-0.3, -0.25) is 9.59 Å². The Labute approximate surface area is 208 Å². The van der Waals surface area contributed by atoms with Crippen LogP contribution in [0.5, 0.6) is 5.75 Å². The zero-order valence-electron chi connectivity index (χ0n) is 18.6. The van der Waals surface area contributed by atoms with Crippen molar-refractivity contribution in [3.63, 3.8) is 0 Å². The number of halogens is 3. The third-order valence-corrected chi connectivity index (χ3v) is 5.89. The van der Waals surface area contributed by atoms with Gasteiger partial charge in [-0.15, -0.1) is 0 Å². The molecule has 0 aliphatic heterocycles. The van der Waals surface area contributed by atoms with Gasteiger partial charge in [0.1, 0.15) is 6.04 Å². The number of rotatable bonds is 10. The van der Waals surface area contributed by atoms with Crippen molar-refractivity contribution in [3.05, 3.63) is 99.8 Å². The largest absolute Gasteiger partial charge is 0.481 e. The SMILES string of the molecule is CCNC(=O)[C@@H](Cc1ccccc1)N(Cc1ccc(Cl)c(Cl)c1)C(=O)COc1ccccc1F. The van der Waals surface area contributed by atoms with E-state index in [0.717, 1.165) is 5.56 Å². The Balaban J connectivity index is 1.92. The zero-order chi connectivity index (χ0) is 24.5. The Morgan fingerprint density at radius 3 is 2.35 bits per heavy atom. The lowest BCUT2D eigenvalue weighted by atomic mass is 10.0. The Morgan fingerprint density at radius 1 is 0.971 bits per heavy atom. The number of hydrogen-bond acceptors (Lipinski definition) is 3. The van der Waals surface area contributed by atoms with E-state index in [0.29, 0.717) is 28.6 Å². The zero-order valence-corrected chi connectivity index (χ0v) is 20.2. The van der Waals surface area contributed by atoms with Crippen molar-refractivity contribution in [3.8, 4) is 5.75 Å². The molecule has 2 amide bonds. The Bertz CT molecular complexity index is 1130. The summed E-state index contributed by atoms with van der Waals surface area (Å²) < 4.78 is 19.5. The van der Waals surface area contributed by atoms with Crippen LogP contribution in [0.25, 0.3) is 0 Å². The molecular formula is C26H25Cl2FN2O3. The van der Waals surface area contributed by atoms with Crippen molar-refractivity contribution >= 4 is 35.0 Å². The van der Waals surface area contributed by atoms with E-state index in [1.807, 2.05) is 37.3 Å². The van der Waals surface area contributed by atoms with E-state index < -0.39 is 24.4 Å². The van der Waals surface area contributed by atoms with Gasteiger partial charge in [-0.25, -0.2) is 4.39 Å². The fraction of sp³-hybridized carbons (Fsp3) is 0.231. The number of benzene rings is 3. The molecule has 0 radical (unpaired) electrons. The quantitative estimate of drug-likeness (QED) is 0.409. The minimum Gasteiger partial charge on any atom is -0.481 e. The van der Waals surface area contributed by atoms with Crippen molar-refractivity contribution in [1.82, 2.24) is 10.2 Å². The predicted molar refractivity (Wildman–Crippen MR) is 132 cm³/mol. The van der Waals surface area contributed by atoms with E-state index >= 15 is 0 Å². The van der Waals surface area contributed by atoms with Crippen LogP contribution in [0, 0.1) is 5.82 Å². The smallest absolute Gasteiger partial charge is 0.261 e. The van der Waals surface area contributed by atoms with Gasteiger partial charge in [0, 0.05) is 19.5 Å². The molecule has 3 aromatic carbocycles. The second-order valence-electron chi connectivity index (χ2n) is 7.59. The third-order valence-electron chi connectivity index (χ3n) is 5.15. The number of carbonyl (C=O) groups excluding carboxylic acids is 2. The molecule has 1 atom stereocenters. The lowest BCUT2D eigenvalue weighted by Gasteiger charge is -2.31. The Kier molecular flexibility index (Phi) is 9.31. The van der Waals surface area contributed by atoms with Gasteiger partial charge in [0.2, 0.25) is 5.91 Å². The molecule has 0 unspecified atom stereocenters. The molecule has 3 aromatic rings. The van der Waals surface area contributed by atoms with Gasteiger partial charge in [0.15, 0.2) is 18.2 Å². The minimum absolute atomic E-state index is 0.0389. The summed E-state index contributed by atoms with van der Waals surface area (Å²) in [4.78, 5) is 27.9. The highest BCUT2D eigenvalue weighted by Crippen LogP contribution is 2.24. The number of hydrogen-bond donors (Lipinski definition) is 1. The molecule has 0 aliphatic rings. The van der Waals surface area contributed by atoms with E-state index in [1.165, 1.54) is 23.1 Å². The van der Waals surface area contributed by atoms with Gasteiger partial charge in [-0.1, -0.05) is 71.7 Å². The normalized spacial score (nSPS) is 11.5. The van der Waals surface area contributed by atoms with Crippen LogP contribution in [-0.4, -0.2) is 35.9 Å². The van der Waals surface area contributed by atoms with E-state index in [4.69, 9.17) is 27.9 Å². The van der Waals surface area contributed by atoms with Crippen LogP contribution in [0.1, 0.15) is 18.1 Å². The summed E-state index contributed by atoms with van der Waals surface area (Å²) in [5, 5.41) is 3.53. The monoisotopic (exact) mass is 502 g/mol. The van der Waals surface area contributed by atoms with Crippen molar-refractivity contribution in [1.29, 1.82) is 0 Å². The highest BCUT2D eigenvalue weighted by molar-refractivity contribution is 6.42. The highest BCUT2D eigenvalue weighted by Gasteiger charge is 2.30. The van der Waals surface area contributed by atoms with E-state index in [1.54, 1.807) is 24.3 Å². The Hall–Kier alpha value is -3.09. The first-order chi connectivity index (χ1) is 16.4. The maximum atomic E-state index is 14.0. The molecule has 0 aliphatic carbocycles. The van der Waals surface area contributed by atoms with Crippen LogP contribution in [0.15, 0.2) is 72.8 Å². The third kappa shape index (κ3) is 6.95. The van der Waals surface area contributed by atoms with E-state index in [2.05, 4.69) is 5.32 Å². The van der Waals surface area contributed by atoms with Crippen LogP contribution in [0.2, 0.25) is 10.0 Å². The number of para-hydroxylation sites is 1. The van der Waals surface area contributed by atoms with Crippen LogP contribution in [0.4, 0.5) is 4.39 Å². The van der Waals surface area contributed by atoms with Crippen LogP contribution in [0.3, 0.4) is 0 Å². The topological polar surface area (TPSA) is 58.6 Å². The molecule has 3 rings (SSSR count). The van der Waals surface area contributed by atoms with Crippen molar-refractivity contribution in [2.24, 2.45) is 0 Å². The number of likely N-dealkylation sites (N-methyl/N-ethyl adjacent to an activating group) is 1. The lowest BCUT2D eigenvalue weighted by molar-refractivity contribution is -0.142. The predicted octanol–water partition coefficient (Wildman–Crippen LogP) is 5.29. The van der Waals surface area contributed by atoms with Crippen molar-refractivity contribution < 1.29 is 18.7 Å². The number of nitrogens with one attached hydrogen (secondary N) is 1. The molecule has 0 saturated carbocycles. The van der Waals surface area contributed by atoms with E-state index in [9.17, 15) is 14.0 Å². The first-order valence-corrected chi connectivity index (χ1v) is 11.6. The van der Waals surface area contributed by atoms with Gasteiger partial charge in [-0.2, -0.15) is 0 Å². The van der Waals surface area contributed by atoms with Gasteiger partial charge >= 0.3 is 0 Å². The summed E-state index contributed by atoms with van der Waals surface area (Å²) in [6.45, 7) is 1.87. The summed E-state index contributed by atoms with van der Waals surface area (Å²) in [6, 6.07) is 19.4. The van der Waals surface area contributed by atoms with Crippen molar-refractivity contribution in [2.45, 2.75) is 25.9 Å². The molecule has 1 N–H and O–H groups in total. The summed E-state index contributed by atoms with van der Waals surface area (Å²) in [5.74, 6) is -1.38. The van der Waals surface area contributed by atoms with Gasteiger partial charge in [-0.05, 0) is 42.3 Å². The number of amides is 2. The van der Waals surface area contributed by atoms with Gasteiger partial charge < -0.3 is 15.0 Å². The molecule has 5 nitrogen and oxygen atoms in total. The van der Waals surface area contributed by atoms with E-state index in [-0.39, 0.29) is 18.2 Å². The van der Waals surface area contributed by atoms with Gasteiger partial charge in [0.05, 0.1) is 10.0 Å². The fourth-order valence-electron chi connectivity index (χ4n) is 3.46. The first kappa shape index (κ1) is 25.5. The summed E-state index contributed by atoms with van der Waals surface area (Å²) in [5.41, 5.74) is 1.58. The molecule has 34 heavy (non-hydrogen) atoms. The molecule has 0 aromatic heterocycles. The molecule has 178 valence electrons. The lowest BCUT2D eigenvalue weighted by Crippen LogP contribution is -2.51. The number of nitrogens with zero attached hydrogens (tertiary/aromatic N) is 1. The van der Waals surface area contributed by atoms with Crippen LogP contribution in [-0.2, 0) is 22.6 Å². The molecule has 0 spiro atoms. The number of carbonyl (C=O) groups is 2. The van der Waals surface area contributed by atoms with Crippen LogP contribution >= 0.6 is 23.2 Å². The summed E-state index contributed by atoms with van der Waals surface area (Å²) in [6.07, 6.45) is 0.291. The second kappa shape index (κ2) is 12.4. The van der Waals surface area contributed by atoms with Gasteiger partial charge in [0.25, 0.3) is 5.91 Å². The molecule has 0 bridgehead atoms. The standard InChI is InChI=1S/C26H25Cl2FN2O3/c1-2-30-26(33)23(15-18-8-4-3-5-9-18)31(16-19-12-13-20(27)21(28)14-19)25(32)17-34-24-11-7-6-10-22(24)29/h3-14,23H,2,15-17H2,1H3,(H,30,33)/t23-/m1/s1. The van der Waals surface area contributed by atoms with Crippen LogP contribution < -0.4 is 10.1 Å². The average molecular weight is 503 g/mol. The fourth-order valence-corrected chi connectivity index (χ4v) is 3.79. The number of ether oxygens (including phenoxy) is 1. The average Bonchev–Trinajstić information content (AvgIpc) is 2.83. The minimum atomic E-state index is -0.825. The summed E-state index contributed by atoms with van der Waals surface area (Å²) in [7, 11) is 0. The maximum Gasteiger partial charge on any atom is 0.261 e. The highest BCUT2D eigenvalue weighted by atomic mass is 35.5. The summed E-state index contributed by atoms with van der Waals surface area (Å²) >= 11 is 12.2. The maximum absolute atomic E-state index is 14.0. The molecule has 0 heterocycles.